The van der Waals surface area contributed by atoms with Crippen LogP contribution < -0.4 is 20.3 Å². The summed E-state index contributed by atoms with van der Waals surface area (Å²) in [5.41, 5.74) is 1.75. The van der Waals surface area contributed by atoms with Gasteiger partial charge in [0.1, 0.15) is 11.2 Å². The van der Waals surface area contributed by atoms with Crippen LogP contribution in [0.2, 0.25) is 0 Å². The van der Waals surface area contributed by atoms with E-state index >= 15 is 0 Å². The van der Waals surface area contributed by atoms with Crippen LogP contribution >= 0.6 is 0 Å². The van der Waals surface area contributed by atoms with Crippen molar-refractivity contribution in [2.24, 2.45) is 5.41 Å². The second kappa shape index (κ2) is 7.70. The lowest BCUT2D eigenvalue weighted by Crippen LogP contribution is -2.39. The van der Waals surface area contributed by atoms with Crippen LogP contribution in [0.1, 0.15) is 18.4 Å². The Labute approximate surface area is 159 Å². The summed E-state index contributed by atoms with van der Waals surface area (Å²) in [6.45, 7) is 0.384. The smallest absolute Gasteiger partial charge is 0.240 e. The van der Waals surface area contributed by atoms with Crippen molar-refractivity contribution in [1.82, 2.24) is 5.32 Å². The van der Waals surface area contributed by atoms with E-state index in [0.29, 0.717) is 25.1 Å². The van der Waals surface area contributed by atoms with E-state index in [0.717, 1.165) is 17.0 Å². The Hall–Kier alpha value is -3.02. The highest BCUT2D eigenvalue weighted by Crippen LogP contribution is 2.47. The Morgan fingerprint density at radius 2 is 1.63 bits per heavy atom. The fourth-order valence-corrected chi connectivity index (χ4v) is 2.87. The molecule has 1 fully saturated rings. The average molecular weight is 367 g/mol. The van der Waals surface area contributed by atoms with E-state index in [4.69, 9.17) is 4.74 Å². The highest BCUT2D eigenvalue weighted by Gasteiger charge is 2.56. The molecule has 0 atom stereocenters. The van der Waals surface area contributed by atoms with E-state index in [1.807, 2.05) is 67.5 Å². The first-order valence-corrected chi connectivity index (χ1v) is 8.95. The summed E-state index contributed by atoms with van der Waals surface area (Å²) in [4.78, 5) is 27.2. The molecule has 0 unspecified atom stereocenters. The maximum absolute atomic E-state index is 12.7. The van der Waals surface area contributed by atoms with Crippen LogP contribution in [0.4, 0.5) is 11.4 Å². The van der Waals surface area contributed by atoms with Crippen LogP contribution in [-0.2, 0) is 16.1 Å². The summed E-state index contributed by atoms with van der Waals surface area (Å²) in [7, 11) is 5.53. The Balaban J connectivity index is 1.57. The van der Waals surface area contributed by atoms with Gasteiger partial charge >= 0.3 is 0 Å². The number of benzene rings is 2. The predicted molar refractivity (Wildman–Crippen MR) is 106 cm³/mol. The van der Waals surface area contributed by atoms with Crippen molar-refractivity contribution < 1.29 is 14.3 Å². The Morgan fingerprint density at radius 3 is 2.15 bits per heavy atom. The van der Waals surface area contributed by atoms with E-state index in [2.05, 4.69) is 10.6 Å². The second-order valence-electron chi connectivity index (χ2n) is 7.01. The van der Waals surface area contributed by atoms with E-state index in [9.17, 15) is 9.59 Å². The van der Waals surface area contributed by atoms with Crippen LogP contribution in [0, 0.1) is 5.41 Å². The minimum atomic E-state index is -0.952. The fraction of sp³-hybridized carbons (Fsp3) is 0.333. The van der Waals surface area contributed by atoms with Gasteiger partial charge in [0.15, 0.2) is 0 Å². The van der Waals surface area contributed by atoms with Crippen LogP contribution in [0.5, 0.6) is 5.75 Å². The molecule has 0 aromatic heterocycles. The molecule has 0 saturated heterocycles. The lowest BCUT2D eigenvalue weighted by atomic mass is 10.0. The first-order valence-electron chi connectivity index (χ1n) is 8.95. The van der Waals surface area contributed by atoms with Crippen molar-refractivity contribution in [2.75, 3.05) is 31.4 Å². The molecule has 142 valence electrons. The number of amides is 2. The third-order valence-corrected chi connectivity index (χ3v) is 4.87. The summed E-state index contributed by atoms with van der Waals surface area (Å²) in [5, 5.41) is 5.75. The number of carbonyl (C=O) groups is 2. The summed E-state index contributed by atoms with van der Waals surface area (Å²) >= 11 is 0. The fourth-order valence-electron chi connectivity index (χ4n) is 2.87. The largest absolute Gasteiger partial charge is 0.497 e. The van der Waals surface area contributed by atoms with Gasteiger partial charge in [0.25, 0.3) is 0 Å². The van der Waals surface area contributed by atoms with E-state index in [1.165, 1.54) is 0 Å². The molecule has 1 saturated carbocycles. The molecule has 0 spiro atoms. The van der Waals surface area contributed by atoms with Gasteiger partial charge in [-0.1, -0.05) is 12.1 Å². The van der Waals surface area contributed by atoms with Crippen molar-refractivity contribution in [2.45, 2.75) is 19.4 Å². The van der Waals surface area contributed by atoms with Gasteiger partial charge in [-0.3, -0.25) is 9.59 Å². The number of methoxy groups -OCH3 is 1. The Bertz CT molecular complexity index is 810. The Kier molecular flexibility index (Phi) is 5.35. The number of nitrogens with one attached hydrogen (secondary N) is 2. The van der Waals surface area contributed by atoms with Crippen LogP contribution in [0.15, 0.2) is 48.5 Å². The molecule has 1 aliphatic carbocycles. The summed E-state index contributed by atoms with van der Waals surface area (Å²) in [6.07, 6.45) is 1.14. The molecule has 3 rings (SSSR count). The topological polar surface area (TPSA) is 70.7 Å². The van der Waals surface area contributed by atoms with Crippen molar-refractivity contribution in [3.05, 3.63) is 54.1 Å². The molecule has 2 aromatic carbocycles. The third-order valence-electron chi connectivity index (χ3n) is 4.87. The van der Waals surface area contributed by atoms with Gasteiger partial charge in [-0.05, 0) is 54.8 Å². The normalized spacial score (nSPS) is 14.2. The second-order valence-corrected chi connectivity index (χ2v) is 7.01. The van der Waals surface area contributed by atoms with Gasteiger partial charge in [-0.25, -0.2) is 0 Å². The molecule has 0 heterocycles. The average Bonchev–Trinajstić information content (AvgIpc) is 3.49. The first-order chi connectivity index (χ1) is 12.9. The van der Waals surface area contributed by atoms with E-state index in [-0.39, 0.29) is 11.8 Å². The molecule has 0 bridgehead atoms. The zero-order valence-corrected chi connectivity index (χ0v) is 15.9. The molecule has 1 aliphatic rings. The zero-order chi connectivity index (χ0) is 19.4. The van der Waals surface area contributed by atoms with Crippen LogP contribution in [0.25, 0.3) is 0 Å². The minimum Gasteiger partial charge on any atom is -0.497 e. The molecular weight excluding hydrogens is 342 g/mol. The van der Waals surface area contributed by atoms with Crippen molar-refractivity contribution in [3.8, 4) is 5.75 Å². The minimum absolute atomic E-state index is 0.222. The molecule has 2 amide bonds. The number of nitrogens with zero attached hydrogens (tertiary/aromatic N) is 1. The van der Waals surface area contributed by atoms with Gasteiger partial charge in [0.05, 0.1) is 7.11 Å². The van der Waals surface area contributed by atoms with Gasteiger partial charge in [-0.2, -0.15) is 0 Å². The summed E-state index contributed by atoms with van der Waals surface area (Å²) < 4.78 is 5.12. The number of hydrogen-bond donors (Lipinski definition) is 2. The van der Waals surface area contributed by atoms with Crippen molar-refractivity contribution in [3.63, 3.8) is 0 Å². The first kappa shape index (κ1) is 18.8. The summed E-state index contributed by atoms with van der Waals surface area (Å²) in [5.74, 6) is 0.302. The maximum atomic E-state index is 12.7. The highest BCUT2D eigenvalue weighted by molar-refractivity contribution is 6.13. The van der Waals surface area contributed by atoms with E-state index in [1.54, 1.807) is 7.11 Å². The van der Waals surface area contributed by atoms with Gasteiger partial charge in [-0.15, -0.1) is 0 Å². The molecular formula is C21H25N3O3. The third kappa shape index (κ3) is 4.22. The molecule has 0 radical (unpaired) electrons. The lowest BCUT2D eigenvalue weighted by molar-refractivity contribution is -0.134. The molecule has 27 heavy (non-hydrogen) atoms. The number of rotatable bonds is 7. The molecule has 2 N–H and O–H groups in total. The summed E-state index contributed by atoms with van der Waals surface area (Å²) in [6, 6.07) is 15.0. The zero-order valence-electron chi connectivity index (χ0n) is 15.9. The quantitative estimate of drug-likeness (QED) is 0.739. The molecule has 2 aromatic rings. The van der Waals surface area contributed by atoms with Gasteiger partial charge in [0, 0.05) is 32.0 Å². The van der Waals surface area contributed by atoms with Crippen molar-refractivity contribution >= 4 is 23.2 Å². The molecule has 6 heteroatoms. The number of carbonyl (C=O) groups excluding carboxylic acids is 2. The van der Waals surface area contributed by atoms with Crippen molar-refractivity contribution in [1.29, 1.82) is 0 Å². The van der Waals surface area contributed by atoms with Gasteiger partial charge in [0.2, 0.25) is 11.8 Å². The number of hydrogen-bond acceptors (Lipinski definition) is 4. The van der Waals surface area contributed by atoms with Gasteiger partial charge < -0.3 is 20.3 Å². The SMILES string of the molecule is COc1ccc(CNC(=O)C2(C(=O)Nc3ccc(N(C)C)cc3)CC2)cc1. The molecule has 0 aliphatic heterocycles. The Morgan fingerprint density at radius 1 is 1.00 bits per heavy atom. The monoisotopic (exact) mass is 367 g/mol. The van der Waals surface area contributed by atoms with Crippen LogP contribution in [-0.4, -0.2) is 33.0 Å². The lowest BCUT2D eigenvalue weighted by Gasteiger charge is -2.17. The number of ether oxygens (including phenoxy) is 1. The standard InChI is InChI=1S/C21H25N3O3/c1-24(2)17-8-6-16(7-9-17)23-20(26)21(12-13-21)19(25)22-14-15-4-10-18(27-3)11-5-15/h4-11H,12-14H2,1-3H3,(H,22,25)(H,23,26). The maximum Gasteiger partial charge on any atom is 0.240 e. The number of anilines is 2. The van der Waals surface area contributed by atoms with Crippen LogP contribution in [0.3, 0.4) is 0 Å². The highest BCUT2D eigenvalue weighted by atomic mass is 16.5. The molecule has 6 nitrogen and oxygen atoms in total. The predicted octanol–water partition coefficient (Wildman–Crippen LogP) is 2.80. The van der Waals surface area contributed by atoms with E-state index < -0.39 is 5.41 Å².